The van der Waals surface area contributed by atoms with E-state index in [4.69, 9.17) is 0 Å². The minimum absolute atomic E-state index is 0.196. The minimum Gasteiger partial charge on any atom is -0.322 e. The van der Waals surface area contributed by atoms with Crippen molar-refractivity contribution in [2.45, 2.75) is 20.8 Å². The standard InChI is InChI=1S/C16H18N2O2/c1-10-7-5-6-8-13(10)17-15(19)14-11(2)9-12(3)18(4)16(14)20/h5-9H,1-4H3,(H,17,19). The second-order valence-electron chi connectivity index (χ2n) is 4.98. The first-order valence-corrected chi connectivity index (χ1v) is 6.46. The number of carbonyl (C=O) groups excluding carboxylic acids is 1. The normalized spacial score (nSPS) is 10.4. The molecule has 0 spiro atoms. The number of carbonyl (C=O) groups is 1. The average molecular weight is 270 g/mol. The molecule has 0 atom stereocenters. The largest absolute Gasteiger partial charge is 0.322 e. The zero-order valence-corrected chi connectivity index (χ0v) is 12.2. The van der Waals surface area contributed by atoms with Gasteiger partial charge < -0.3 is 9.88 Å². The molecule has 1 aromatic carbocycles. The van der Waals surface area contributed by atoms with Crippen LogP contribution in [-0.2, 0) is 7.05 Å². The molecule has 4 nitrogen and oxygen atoms in total. The Morgan fingerprint density at radius 1 is 1.10 bits per heavy atom. The number of nitrogens with zero attached hydrogens (tertiary/aromatic N) is 1. The minimum atomic E-state index is -0.364. The van der Waals surface area contributed by atoms with Gasteiger partial charge in [-0.25, -0.2) is 0 Å². The molecule has 20 heavy (non-hydrogen) atoms. The molecule has 1 aromatic heterocycles. The predicted octanol–water partition coefficient (Wildman–Crippen LogP) is 2.56. The molecule has 0 bridgehead atoms. The van der Waals surface area contributed by atoms with E-state index in [0.717, 1.165) is 16.9 Å². The summed E-state index contributed by atoms with van der Waals surface area (Å²) in [6, 6.07) is 9.33. The van der Waals surface area contributed by atoms with Gasteiger partial charge in [0.25, 0.3) is 11.5 Å². The van der Waals surface area contributed by atoms with E-state index in [9.17, 15) is 9.59 Å². The summed E-state index contributed by atoms with van der Waals surface area (Å²) in [7, 11) is 1.67. The number of aryl methyl sites for hydroxylation is 3. The summed E-state index contributed by atoms with van der Waals surface area (Å²) in [5.74, 6) is -0.364. The molecule has 0 fully saturated rings. The number of pyridine rings is 1. The molecule has 4 heteroatoms. The maximum atomic E-state index is 12.3. The number of nitrogens with one attached hydrogen (secondary N) is 1. The number of rotatable bonds is 2. The lowest BCUT2D eigenvalue weighted by molar-refractivity contribution is 0.102. The van der Waals surface area contributed by atoms with Gasteiger partial charge in [-0.3, -0.25) is 9.59 Å². The van der Waals surface area contributed by atoms with Gasteiger partial charge in [-0.2, -0.15) is 0 Å². The monoisotopic (exact) mass is 270 g/mol. The van der Waals surface area contributed by atoms with Gasteiger partial charge >= 0.3 is 0 Å². The fourth-order valence-corrected chi connectivity index (χ4v) is 2.15. The molecule has 2 rings (SSSR count). The molecule has 0 aliphatic rings. The van der Waals surface area contributed by atoms with Crippen molar-refractivity contribution < 1.29 is 4.79 Å². The molecule has 0 saturated heterocycles. The molecule has 2 aromatic rings. The Morgan fingerprint density at radius 3 is 2.40 bits per heavy atom. The highest BCUT2D eigenvalue weighted by atomic mass is 16.2. The fourth-order valence-electron chi connectivity index (χ4n) is 2.15. The van der Waals surface area contributed by atoms with E-state index in [1.807, 2.05) is 44.2 Å². The Hall–Kier alpha value is -2.36. The lowest BCUT2D eigenvalue weighted by Gasteiger charge is -2.12. The number of amides is 1. The first kappa shape index (κ1) is 14.1. The number of hydrogen-bond acceptors (Lipinski definition) is 2. The summed E-state index contributed by atoms with van der Waals surface area (Å²) in [5.41, 5.74) is 3.13. The Kier molecular flexibility index (Phi) is 3.74. The zero-order valence-electron chi connectivity index (χ0n) is 12.2. The van der Waals surface area contributed by atoms with Crippen LogP contribution >= 0.6 is 0 Å². The summed E-state index contributed by atoms with van der Waals surface area (Å²) in [6.07, 6.45) is 0. The Labute approximate surface area is 118 Å². The van der Waals surface area contributed by atoms with Gasteiger partial charge in [-0.15, -0.1) is 0 Å². The molecule has 0 aliphatic carbocycles. The Morgan fingerprint density at radius 2 is 1.75 bits per heavy atom. The quantitative estimate of drug-likeness (QED) is 0.911. The summed E-state index contributed by atoms with van der Waals surface area (Å²) in [4.78, 5) is 24.6. The Balaban J connectivity index is 2.43. The van der Waals surface area contributed by atoms with Gasteiger partial charge in [0, 0.05) is 18.4 Å². The first-order chi connectivity index (χ1) is 9.41. The highest BCUT2D eigenvalue weighted by Crippen LogP contribution is 2.15. The van der Waals surface area contributed by atoms with Crippen molar-refractivity contribution in [3.05, 3.63) is 63.1 Å². The highest BCUT2D eigenvalue weighted by molar-refractivity contribution is 6.05. The SMILES string of the molecule is Cc1ccccc1NC(=O)c1c(C)cc(C)n(C)c1=O. The molecular formula is C16H18N2O2. The maximum Gasteiger partial charge on any atom is 0.263 e. The molecule has 0 unspecified atom stereocenters. The van der Waals surface area contributed by atoms with Crippen molar-refractivity contribution in [3.63, 3.8) is 0 Å². The number of anilines is 1. The molecule has 0 saturated carbocycles. The van der Waals surface area contributed by atoms with Gasteiger partial charge in [0.05, 0.1) is 0 Å². The zero-order chi connectivity index (χ0) is 14.9. The summed E-state index contributed by atoms with van der Waals surface area (Å²) < 4.78 is 1.49. The van der Waals surface area contributed by atoms with Gasteiger partial charge in [0.1, 0.15) is 5.56 Å². The van der Waals surface area contributed by atoms with Crippen molar-refractivity contribution in [1.29, 1.82) is 0 Å². The van der Waals surface area contributed by atoms with E-state index in [1.165, 1.54) is 4.57 Å². The van der Waals surface area contributed by atoms with Crippen molar-refractivity contribution in [2.24, 2.45) is 7.05 Å². The van der Waals surface area contributed by atoms with Crippen LogP contribution in [0.1, 0.15) is 27.2 Å². The first-order valence-electron chi connectivity index (χ1n) is 6.46. The molecule has 1 amide bonds. The number of aromatic nitrogens is 1. The van der Waals surface area contributed by atoms with Crippen LogP contribution in [0.5, 0.6) is 0 Å². The molecule has 1 N–H and O–H groups in total. The third kappa shape index (κ3) is 2.50. The number of benzene rings is 1. The van der Waals surface area contributed by atoms with Crippen LogP contribution in [0.2, 0.25) is 0 Å². The van der Waals surface area contributed by atoms with Gasteiger partial charge in [0.2, 0.25) is 0 Å². The van der Waals surface area contributed by atoms with Crippen molar-refractivity contribution >= 4 is 11.6 Å². The van der Waals surface area contributed by atoms with Crippen LogP contribution in [0.25, 0.3) is 0 Å². The smallest absolute Gasteiger partial charge is 0.263 e. The fraction of sp³-hybridized carbons (Fsp3) is 0.250. The molecular weight excluding hydrogens is 252 g/mol. The van der Waals surface area contributed by atoms with E-state index < -0.39 is 0 Å². The van der Waals surface area contributed by atoms with Gasteiger partial charge in [-0.1, -0.05) is 18.2 Å². The molecule has 1 heterocycles. The van der Waals surface area contributed by atoms with E-state index >= 15 is 0 Å². The summed E-state index contributed by atoms with van der Waals surface area (Å²) in [6.45, 7) is 5.54. The third-order valence-corrected chi connectivity index (χ3v) is 3.49. The van der Waals surface area contributed by atoms with Crippen molar-refractivity contribution in [3.8, 4) is 0 Å². The van der Waals surface area contributed by atoms with Gasteiger partial charge in [0.15, 0.2) is 0 Å². The lowest BCUT2D eigenvalue weighted by Crippen LogP contribution is -2.30. The number of para-hydroxylation sites is 1. The number of hydrogen-bond donors (Lipinski definition) is 1. The van der Waals surface area contributed by atoms with E-state index in [-0.39, 0.29) is 17.0 Å². The predicted molar refractivity (Wildman–Crippen MR) is 80.3 cm³/mol. The van der Waals surface area contributed by atoms with Crippen LogP contribution in [0.4, 0.5) is 5.69 Å². The van der Waals surface area contributed by atoms with Crippen LogP contribution in [0.15, 0.2) is 35.1 Å². The van der Waals surface area contributed by atoms with E-state index in [2.05, 4.69) is 5.32 Å². The van der Waals surface area contributed by atoms with Crippen LogP contribution in [-0.4, -0.2) is 10.5 Å². The Bertz CT molecular complexity index is 730. The summed E-state index contributed by atoms with van der Waals surface area (Å²) >= 11 is 0. The van der Waals surface area contributed by atoms with Gasteiger partial charge in [-0.05, 0) is 44.0 Å². The van der Waals surface area contributed by atoms with Crippen LogP contribution in [0, 0.1) is 20.8 Å². The van der Waals surface area contributed by atoms with Crippen LogP contribution in [0.3, 0.4) is 0 Å². The van der Waals surface area contributed by atoms with Crippen molar-refractivity contribution in [2.75, 3.05) is 5.32 Å². The molecule has 0 radical (unpaired) electrons. The van der Waals surface area contributed by atoms with E-state index in [0.29, 0.717) is 5.56 Å². The highest BCUT2D eigenvalue weighted by Gasteiger charge is 2.16. The lowest BCUT2D eigenvalue weighted by atomic mass is 10.1. The third-order valence-electron chi connectivity index (χ3n) is 3.49. The maximum absolute atomic E-state index is 12.3. The molecule has 104 valence electrons. The molecule has 0 aliphatic heterocycles. The topological polar surface area (TPSA) is 51.1 Å². The van der Waals surface area contributed by atoms with Crippen LogP contribution < -0.4 is 10.9 Å². The van der Waals surface area contributed by atoms with E-state index in [1.54, 1.807) is 14.0 Å². The second-order valence-corrected chi connectivity index (χ2v) is 4.98. The summed E-state index contributed by atoms with van der Waals surface area (Å²) in [5, 5.41) is 2.80. The second kappa shape index (κ2) is 5.33. The average Bonchev–Trinajstić information content (AvgIpc) is 2.39. The van der Waals surface area contributed by atoms with Crippen molar-refractivity contribution in [1.82, 2.24) is 4.57 Å².